The average molecular weight is 570 g/mol. The highest BCUT2D eigenvalue weighted by molar-refractivity contribution is 9.09. The maximum atomic E-state index is 6.18. The molecule has 0 spiro atoms. The van der Waals surface area contributed by atoms with Gasteiger partial charge < -0.3 is 9.47 Å². The van der Waals surface area contributed by atoms with Gasteiger partial charge in [0.2, 0.25) is 0 Å². The van der Waals surface area contributed by atoms with Gasteiger partial charge in [-0.1, -0.05) is 102 Å². The zero-order valence-electron chi connectivity index (χ0n) is 20.0. The molecule has 0 atom stereocenters. The van der Waals surface area contributed by atoms with Crippen molar-refractivity contribution in [2.75, 3.05) is 23.9 Å². The predicted octanol–water partition coefficient (Wildman–Crippen LogP) is 9.63. The first-order valence-corrected chi connectivity index (χ1v) is 15.0. The van der Waals surface area contributed by atoms with Crippen molar-refractivity contribution < 1.29 is 9.47 Å². The molecule has 0 fully saturated rings. The van der Waals surface area contributed by atoms with Crippen LogP contribution in [0.4, 0.5) is 0 Å². The molecule has 2 rings (SSSR count). The first kappa shape index (κ1) is 27.5. The molecule has 0 saturated heterocycles. The van der Waals surface area contributed by atoms with Crippen molar-refractivity contribution in [2.45, 2.75) is 90.4 Å². The van der Waals surface area contributed by atoms with Crippen LogP contribution in [0.15, 0.2) is 30.3 Å². The molecule has 0 bridgehead atoms. The van der Waals surface area contributed by atoms with E-state index in [1.807, 2.05) is 0 Å². The topological polar surface area (TPSA) is 18.5 Å². The number of benzene rings is 2. The minimum atomic E-state index is 0.807. The van der Waals surface area contributed by atoms with Crippen LogP contribution in [-0.2, 0) is 6.42 Å². The Hall–Kier alpha value is -0.740. The summed E-state index contributed by atoms with van der Waals surface area (Å²) < 4.78 is 12.2. The summed E-state index contributed by atoms with van der Waals surface area (Å²) in [5, 5.41) is 4.79. The number of halogens is 2. The number of aryl methyl sites for hydroxylation is 1. The highest BCUT2D eigenvalue weighted by Crippen LogP contribution is 2.31. The summed E-state index contributed by atoms with van der Waals surface area (Å²) >= 11 is 7.00. The molecule has 2 aromatic rings. The monoisotopic (exact) mass is 568 g/mol. The highest BCUT2D eigenvalue weighted by Gasteiger charge is 2.09. The van der Waals surface area contributed by atoms with Gasteiger partial charge in [0, 0.05) is 16.2 Å². The second-order valence-corrected chi connectivity index (χ2v) is 10.2. The summed E-state index contributed by atoms with van der Waals surface area (Å²) in [5.41, 5.74) is 1.31. The average Bonchev–Trinajstić information content (AvgIpc) is 2.82. The SMILES string of the molecule is CCc1c(OCCCCCCCCBr)ccc2cc(OCCCCCCCCBr)ccc12. The molecule has 4 heteroatoms. The second kappa shape index (κ2) is 17.7. The Bertz CT molecular complexity index is 748. The van der Waals surface area contributed by atoms with Crippen molar-refractivity contribution >= 4 is 42.6 Å². The van der Waals surface area contributed by atoms with Crippen LogP contribution in [0.1, 0.15) is 89.5 Å². The van der Waals surface area contributed by atoms with Crippen LogP contribution < -0.4 is 9.47 Å². The third kappa shape index (κ3) is 10.5. The molecule has 180 valence electrons. The molecule has 0 radical (unpaired) electrons. The molecule has 32 heavy (non-hydrogen) atoms. The Labute approximate surface area is 213 Å². The van der Waals surface area contributed by atoms with E-state index in [2.05, 4.69) is 69.1 Å². The van der Waals surface area contributed by atoms with Crippen LogP contribution in [0, 0.1) is 0 Å². The van der Waals surface area contributed by atoms with Crippen molar-refractivity contribution in [2.24, 2.45) is 0 Å². The molecule has 0 N–H and O–H groups in total. The number of unbranched alkanes of at least 4 members (excludes halogenated alkanes) is 10. The van der Waals surface area contributed by atoms with E-state index in [0.29, 0.717) is 0 Å². The van der Waals surface area contributed by atoms with Crippen molar-refractivity contribution in [3.8, 4) is 11.5 Å². The van der Waals surface area contributed by atoms with Gasteiger partial charge in [0.25, 0.3) is 0 Å². The lowest BCUT2D eigenvalue weighted by Gasteiger charge is -2.14. The second-order valence-electron chi connectivity index (χ2n) is 8.60. The third-order valence-corrected chi connectivity index (χ3v) is 7.12. The van der Waals surface area contributed by atoms with E-state index >= 15 is 0 Å². The molecule has 0 amide bonds. The fraction of sp³-hybridized carbons (Fsp3) is 0.643. The molecule has 0 unspecified atom stereocenters. The number of hydrogen-bond donors (Lipinski definition) is 0. The molecule has 0 aliphatic carbocycles. The minimum absolute atomic E-state index is 0.807. The normalized spacial score (nSPS) is 11.2. The highest BCUT2D eigenvalue weighted by atomic mass is 79.9. The van der Waals surface area contributed by atoms with E-state index < -0.39 is 0 Å². The summed E-state index contributed by atoms with van der Waals surface area (Å²) in [6.45, 7) is 3.84. The van der Waals surface area contributed by atoms with Gasteiger partial charge in [-0.05, 0) is 61.1 Å². The predicted molar refractivity (Wildman–Crippen MR) is 147 cm³/mol. The van der Waals surface area contributed by atoms with E-state index in [1.165, 1.54) is 80.5 Å². The lowest BCUT2D eigenvalue weighted by molar-refractivity contribution is 0.302. The summed E-state index contributed by atoms with van der Waals surface area (Å²) in [6.07, 6.45) is 16.3. The van der Waals surface area contributed by atoms with Gasteiger partial charge in [0.1, 0.15) is 11.5 Å². The van der Waals surface area contributed by atoms with E-state index in [0.717, 1.165) is 54.6 Å². The van der Waals surface area contributed by atoms with E-state index in [-0.39, 0.29) is 0 Å². The third-order valence-electron chi connectivity index (χ3n) is 6.00. The summed E-state index contributed by atoms with van der Waals surface area (Å²) in [6, 6.07) is 10.8. The number of fused-ring (bicyclic) bond motifs is 1. The number of ether oxygens (including phenoxy) is 2. The van der Waals surface area contributed by atoms with Gasteiger partial charge in [-0.3, -0.25) is 0 Å². The molecule has 2 aromatic carbocycles. The molecule has 0 aliphatic heterocycles. The van der Waals surface area contributed by atoms with Crippen LogP contribution in [0.5, 0.6) is 11.5 Å². The molecular formula is C28H42Br2O2. The maximum absolute atomic E-state index is 6.18. The Morgan fingerprint density at radius 1 is 0.625 bits per heavy atom. The molecule has 0 aromatic heterocycles. The Balaban J connectivity index is 1.77. The van der Waals surface area contributed by atoms with Crippen molar-refractivity contribution in [3.63, 3.8) is 0 Å². The molecular weight excluding hydrogens is 528 g/mol. The van der Waals surface area contributed by atoms with Crippen LogP contribution in [0.25, 0.3) is 10.8 Å². The summed E-state index contributed by atoms with van der Waals surface area (Å²) in [7, 11) is 0. The quantitative estimate of drug-likeness (QED) is 0.124. The van der Waals surface area contributed by atoms with Crippen molar-refractivity contribution in [1.29, 1.82) is 0 Å². The minimum Gasteiger partial charge on any atom is -0.494 e. The van der Waals surface area contributed by atoms with Gasteiger partial charge in [-0.25, -0.2) is 0 Å². The van der Waals surface area contributed by atoms with Crippen molar-refractivity contribution in [3.05, 3.63) is 35.9 Å². The fourth-order valence-corrected chi connectivity index (χ4v) is 4.91. The summed E-state index contributed by atoms with van der Waals surface area (Å²) in [5.74, 6) is 2.03. The van der Waals surface area contributed by atoms with Gasteiger partial charge in [-0.15, -0.1) is 0 Å². The number of hydrogen-bond acceptors (Lipinski definition) is 2. The van der Waals surface area contributed by atoms with E-state index in [1.54, 1.807) is 0 Å². The molecule has 0 aliphatic rings. The van der Waals surface area contributed by atoms with Gasteiger partial charge in [0.15, 0.2) is 0 Å². The molecule has 0 saturated carbocycles. The number of alkyl halides is 2. The Morgan fingerprint density at radius 2 is 1.19 bits per heavy atom. The Kier molecular flexibility index (Phi) is 15.2. The molecule has 2 nitrogen and oxygen atoms in total. The Morgan fingerprint density at radius 3 is 1.78 bits per heavy atom. The largest absolute Gasteiger partial charge is 0.494 e. The molecule has 0 heterocycles. The van der Waals surface area contributed by atoms with E-state index in [9.17, 15) is 0 Å². The smallest absolute Gasteiger partial charge is 0.123 e. The van der Waals surface area contributed by atoms with E-state index in [4.69, 9.17) is 9.47 Å². The zero-order valence-corrected chi connectivity index (χ0v) is 23.2. The van der Waals surface area contributed by atoms with Crippen LogP contribution in [0.2, 0.25) is 0 Å². The first-order valence-electron chi connectivity index (χ1n) is 12.7. The summed E-state index contributed by atoms with van der Waals surface area (Å²) in [4.78, 5) is 0. The zero-order chi connectivity index (χ0) is 22.9. The lowest BCUT2D eigenvalue weighted by atomic mass is 10.0. The van der Waals surface area contributed by atoms with Crippen LogP contribution in [0.3, 0.4) is 0 Å². The fourth-order valence-electron chi connectivity index (χ4n) is 4.12. The van der Waals surface area contributed by atoms with Crippen LogP contribution in [-0.4, -0.2) is 23.9 Å². The van der Waals surface area contributed by atoms with Crippen LogP contribution >= 0.6 is 31.9 Å². The lowest BCUT2D eigenvalue weighted by Crippen LogP contribution is -2.01. The standard InChI is InChI=1S/C28H42Br2O2/c1-2-26-27-17-16-25(31-21-13-9-5-3-7-11-19-29)23-24(27)15-18-28(26)32-22-14-10-6-4-8-12-20-30/h15-18,23H,2-14,19-22H2,1H3. The van der Waals surface area contributed by atoms with Crippen molar-refractivity contribution in [1.82, 2.24) is 0 Å². The number of rotatable bonds is 19. The first-order chi connectivity index (χ1) is 15.8. The van der Waals surface area contributed by atoms with Gasteiger partial charge >= 0.3 is 0 Å². The van der Waals surface area contributed by atoms with Gasteiger partial charge in [0.05, 0.1) is 13.2 Å². The van der Waals surface area contributed by atoms with Gasteiger partial charge in [-0.2, -0.15) is 0 Å². The maximum Gasteiger partial charge on any atom is 0.123 e.